The van der Waals surface area contributed by atoms with Crippen LogP contribution in [0.1, 0.15) is 42.6 Å². The van der Waals surface area contributed by atoms with Crippen molar-refractivity contribution in [2.75, 3.05) is 33.4 Å². The molecule has 0 aliphatic carbocycles. The molecule has 2 aromatic rings. The van der Waals surface area contributed by atoms with Crippen molar-refractivity contribution >= 4 is 5.91 Å². The fourth-order valence-electron chi connectivity index (χ4n) is 5.10. The first-order chi connectivity index (χ1) is 14.0. The zero-order valence-electron chi connectivity index (χ0n) is 17.9. The Labute approximate surface area is 173 Å². The predicted molar refractivity (Wildman–Crippen MR) is 113 cm³/mol. The average molecular weight is 397 g/mol. The summed E-state index contributed by atoms with van der Waals surface area (Å²) in [6.07, 6.45) is 4.05. The molecule has 156 valence electrons. The lowest BCUT2D eigenvalue weighted by Gasteiger charge is -2.44. The van der Waals surface area contributed by atoms with Gasteiger partial charge in [-0.2, -0.15) is 5.10 Å². The Bertz CT molecular complexity index is 878. The van der Waals surface area contributed by atoms with Crippen LogP contribution in [0.2, 0.25) is 0 Å². The van der Waals surface area contributed by atoms with E-state index in [4.69, 9.17) is 4.74 Å². The van der Waals surface area contributed by atoms with Gasteiger partial charge in [-0.1, -0.05) is 18.2 Å². The van der Waals surface area contributed by atoms with Gasteiger partial charge in [0.05, 0.1) is 18.0 Å². The number of hydrogen-bond acceptors (Lipinski definition) is 4. The number of carbonyl (C=O) groups is 1. The SMILES string of the molecule is COCCN1CCCC2(CCCN2Cc2ccccc2-n2nc(C)cc2C)C1=O. The van der Waals surface area contributed by atoms with Crippen LogP contribution < -0.4 is 0 Å². The molecule has 4 rings (SSSR count). The minimum absolute atomic E-state index is 0.293. The van der Waals surface area contributed by atoms with E-state index in [1.807, 2.05) is 16.5 Å². The summed E-state index contributed by atoms with van der Waals surface area (Å²) in [5.74, 6) is 0.293. The molecular weight excluding hydrogens is 364 g/mol. The van der Waals surface area contributed by atoms with Crippen LogP contribution in [0.25, 0.3) is 5.69 Å². The number of para-hydroxylation sites is 1. The summed E-state index contributed by atoms with van der Waals surface area (Å²) < 4.78 is 7.26. The van der Waals surface area contributed by atoms with E-state index in [-0.39, 0.29) is 5.54 Å². The van der Waals surface area contributed by atoms with Gasteiger partial charge in [-0.15, -0.1) is 0 Å². The first-order valence-corrected chi connectivity index (χ1v) is 10.7. The zero-order valence-corrected chi connectivity index (χ0v) is 17.9. The topological polar surface area (TPSA) is 50.6 Å². The Morgan fingerprint density at radius 1 is 1.14 bits per heavy atom. The maximum Gasteiger partial charge on any atom is 0.243 e. The van der Waals surface area contributed by atoms with E-state index in [2.05, 4.69) is 47.3 Å². The van der Waals surface area contributed by atoms with E-state index in [9.17, 15) is 4.79 Å². The summed E-state index contributed by atoms with van der Waals surface area (Å²) in [7, 11) is 1.70. The monoisotopic (exact) mass is 396 g/mol. The molecule has 3 heterocycles. The lowest BCUT2D eigenvalue weighted by Crippen LogP contribution is -2.60. The van der Waals surface area contributed by atoms with Crippen molar-refractivity contribution in [2.45, 2.75) is 51.6 Å². The quantitative estimate of drug-likeness (QED) is 0.753. The molecule has 1 aromatic carbocycles. The van der Waals surface area contributed by atoms with Crippen LogP contribution in [0.3, 0.4) is 0 Å². The van der Waals surface area contributed by atoms with Crippen LogP contribution in [-0.4, -0.2) is 64.4 Å². The summed E-state index contributed by atoms with van der Waals surface area (Å²) in [5.41, 5.74) is 4.13. The highest BCUT2D eigenvalue weighted by molar-refractivity contribution is 5.87. The van der Waals surface area contributed by atoms with E-state index in [1.165, 1.54) is 5.56 Å². The maximum absolute atomic E-state index is 13.5. The van der Waals surface area contributed by atoms with Crippen molar-refractivity contribution in [1.82, 2.24) is 19.6 Å². The van der Waals surface area contributed by atoms with Crippen molar-refractivity contribution in [3.05, 3.63) is 47.3 Å². The number of ether oxygens (including phenoxy) is 1. The minimum Gasteiger partial charge on any atom is -0.383 e. The van der Waals surface area contributed by atoms with E-state index in [0.717, 1.165) is 62.4 Å². The van der Waals surface area contributed by atoms with E-state index in [1.54, 1.807) is 7.11 Å². The molecule has 0 bridgehead atoms. The molecule has 6 heteroatoms. The van der Waals surface area contributed by atoms with Gasteiger partial charge in [0.2, 0.25) is 5.91 Å². The molecule has 1 aromatic heterocycles. The summed E-state index contributed by atoms with van der Waals surface area (Å²) in [4.78, 5) is 17.9. The number of piperidine rings is 1. The number of likely N-dealkylation sites (tertiary alicyclic amines) is 2. The predicted octanol–water partition coefficient (Wildman–Crippen LogP) is 3.09. The Balaban J connectivity index is 1.61. The second kappa shape index (κ2) is 8.28. The number of hydrogen-bond donors (Lipinski definition) is 0. The van der Waals surface area contributed by atoms with E-state index >= 15 is 0 Å². The van der Waals surface area contributed by atoms with Crippen LogP contribution in [0.15, 0.2) is 30.3 Å². The Morgan fingerprint density at radius 2 is 1.90 bits per heavy atom. The van der Waals surface area contributed by atoms with E-state index in [0.29, 0.717) is 19.1 Å². The highest BCUT2D eigenvalue weighted by atomic mass is 16.5. The highest BCUT2D eigenvalue weighted by Crippen LogP contribution is 2.39. The fourth-order valence-corrected chi connectivity index (χ4v) is 5.10. The van der Waals surface area contributed by atoms with Gasteiger partial charge in [-0.05, 0) is 63.8 Å². The van der Waals surface area contributed by atoms with Gasteiger partial charge in [-0.3, -0.25) is 9.69 Å². The number of carbonyl (C=O) groups excluding carboxylic acids is 1. The molecule has 6 nitrogen and oxygen atoms in total. The summed E-state index contributed by atoms with van der Waals surface area (Å²) in [6.45, 7) is 7.99. The summed E-state index contributed by atoms with van der Waals surface area (Å²) >= 11 is 0. The molecular formula is C23H32N4O2. The number of aromatic nitrogens is 2. The van der Waals surface area contributed by atoms with Crippen molar-refractivity contribution < 1.29 is 9.53 Å². The smallest absolute Gasteiger partial charge is 0.243 e. The molecule has 1 amide bonds. The third-order valence-electron chi connectivity index (χ3n) is 6.48. The largest absolute Gasteiger partial charge is 0.383 e. The van der Waals surface area contributed by atoms with E-state index < -0.39 is 0 Å². The molecule has 29 heavy (non-hydrogen) atoms. The van der Waals surface area contributed by atoms with Gasteiger partial charge in [0.1, 0.15) is 5.54 Å². The Kier molecular flexibility index (Phi) is 5.74. The van der Waals surface area contributed by atoms with Crippen LogP contribution in [0, 0.1) is 13.8 Å². The summed E-state index contributed by atoms with van der Waals surface area (Å²) in [6, 6.07) is 10.6. The third kappa shape index (κ3) is 3.71. The molecule has 1 unspecified atom stereocenters. The lowest BCUT2D eigenvalue weighted by molar-refractivity contribution is -0.148. The van der Waals surface area contributed by atoms with Crippen molar-refractivity contribution in [3.63, 3.8) is 0 Å². The van der Waals surface area contributed by atoms with Crippen LogP contribution in [0.4, 0.5) is 0 Å². The average Bonchev–Trinajstić information content (AvgIpc) is 3.26. The molecule has 2 saturated heterocycles. The molecule has 0 saturated carbocycles. The highest BCUT2D eigenvalue weighted by Gasteiger charge is 2.50. The number of nitrogens with zero attached hydrogens (tertiary/aromatic N) is 4. The zero-order chi connectivity index (χ0) is 20.4. The number of aryl methyl sites for hydroxylation is 2. The molecule has 0 N–H and O–H groups in total. The Morgan fingerprint density at radius 3 is 2.62 bits per heavy atom. The maximum atomic E-state index is 13.5. The first-order valence-electron chi connectivity index (χ1n) is 10.7. The molecule has 2 aliphatic heterocycles. The van der Waals surface area contributed by atoms with Gasteiger partial charge < -0.3 is 9.64 Å². The van der Waals surface area contributed by atoms with Gasteiger partial charge in [0.15, 0.2) is 0 Å². The number of rotatable bonds is 6. The molecule has 0 radical (unpaired) electrons. The van der Waals surface area contributed by atoms with Gasteiger partial charge >= 0.3 is 0 Å². The Hall–Kier alpha value is -2.18. The lowest BCUT2D eigenvalue weighted by atomic mass is 9.85. The van der Waals surface area contributed by atoms with Crippen molar-refractivity contribution in [2.24, 2.45) is 0 Å². The van der Waals surface area contributed by atoms with Crippen LogP contribution in [-0.2, 0) is 16.1 Å². The second-order valence-corrected chi connectivity index (χ2v) is 8.41. The molecule has 2 aliphatic rings. The number of amides is 1. The molecule has 2 fully saturated rings. The molecule has 1 spiro atoms. The van der Waals surface area contributed by atoms with Crippen molar-refractivity contribution in [1.29, 1.82) is 0 Å². The first kappa shape index (κ1) is 20.1. The minimum atomic E-state index is -0.353. The number of benzene rings is 1. The molecule has 1 atom stereocenters. The summed E-state index contributed by atoms with van der Waals surface area (Å²) in [5, 5.41) is 4.69. The third-order valence-corrected chi connectivity index (χ3v) is 6.48. The van der Waals surface area contributed by atoms with Gasteiger partial charge in [0.25, 0.3) is 0 Å². The fraction of sp³-hybridized carbons (Fsp3) is 0.565. The van der Waals surface area contributed by atoms with Gasteiger partial charge in [-0.25, -0.2) is 4.68 Å². The van der Waals surface area contributed by atoms with Gasteiger partial charge in [0, 0.05) is 32.4 Å². The number of methoxy groups -OCH3 is 1. The van der Waals surface area contributed by atoms with Crippen molar-refractivity contribution in [3.8, 4) is 5.69 Å². The standard InChI is InChI=1S/C23H32N4O2/c1-18-16-19(2)27(24-18)21-9-5-4-8-20(21)17-26-13-7-11-23(26)10-6-12-25(22(23)28)14-15-29-3/h4-5,8-9,16H,6-7,10-15,17H2,1-3H3. The second-order valence-electron chi connectivity index (χ2n) is 8.41. The normalized spacial score (nSPS) is 22.7. The van der Waals surface area contributed by atoms with Crippen LogP contribution >= 0.6 is 0 Å². The van der Waals surface area contributed by atoms with Crippen LogP contribution in [0.5, 0.6) is 0 Å².